The molecule has 0 radical (unpaired) electrons. The summed E-state index contributed by atoms with van der Waals surface area (Å²) in [6.07, 6.45) is 7.73. The molecular formula is C8H16BClF4N2. The van der Waals surface area contributed by atoms with Crippen LogP contribution < -0.4 is 4.57 Å². The lowest BCUT2D eigenvalue weighted by molar-refractivity contribution is -0.677. The molecule has 1 N–H and O–H groups in total. The van der Waals surface area contributed by atoms with Gasteiger partial charge < -0.3 is 17.3 Å². The van der Waals surface area contributed by atoms with Crippen molar-refractivity contribution in [3.8, 4) is 0 Å². The Kier molecular flexibility index (Phi) is 9.32. The van der Waals surface area contributed by atoms with E-state index in [-0.39, 0.29) is 12.4 Å². The van der Waals surface area contributed by atoms with Gasteiger partial charge in [0, 0.05) is 6.42 Å². The smallest absolute Gasteiger partial charge is 0.418 e. The van der Waals surface area contributed by atoms with Crippen LogP contribution in [0.3, 0.4) is 0 Å². The molecule has 0 amide bonds. The highest BCUT2D eigenvalue weighted by molar-refractivity contribution is 6.50. The van der Waals surface area contributed by atoms with Gasteiger partial charge in [-0.2, -0.15) is 0 Å². The third-order valence-corrected chi connectivity index (χ3v) is 1.74. The minimum absolute atomic E-state index is 0. The van der Waals surface area contributed by atoms with E-state index in [0.717, 1.165) is 0 Å². The van der Waals surface area contributed by atoms with Gasteiger partial charge in [0.25, 0.3) is 5.82 Å². The molecule has 1 aromatic rings. The zero-order valence-electron chi connectivity index (χ0n) is 9.22. The van der Waals surface area contributed by atoms with E-state index in [4.69, 9.17) is 0 Å². The second-order valence-electron chi connectivity index (χ2n) is 3.12. The number of rotatable bonds is 3. The summed E-state index contributed by atoms with van der Waals surface area (Å²) in [6, 6.07) is 0. The number of imidazole rings is 1. The van der Waals surface area contributed by atoms with Crippen molar-refractivity contribution in [2.75, 3.05) is 0 Å². The van der Waals surface area contributed by atoms with Crippen LogP contribution >= 0.6 is 12.4 Å². The first-order valence-electron chi connectivity index (χ1n) is 4.73. The van der Waals surface area contributed by atoms with Crippen LogP contribution in [0.5, 0.6) is 0 Å². The topological polar surface area (TPSA) is 19.7 Å². The first kappa shape index (κ1) is 17.7. The van der Waals surface area contributed by atoms with E-state index in [1.54, 1.807) is 0 Å². The number of aromatic amines is 1. The lowest BCUT2D eigenvalue weighted by atomic mass is 10.2. The highest BCUT2D eigenvalue weighted by Gasteiger charge is 2.20. The van der Waals surface area contributed by atoms with E-state index in [1.807, 2.05) is 12.4 Å². The van der Waals surface area contributed by atoms with Gasteiger partial charge in [-0.1, -0.05) is 13.3 Å². The van der Waals surface area contributed by atoms with Crippen LogP contribution in [0.4, 0.5) is 17.3 Å². The van der Waals surface area contributed by atoms with Crippen LogP contribution in [-0.4, -0.2) is 12.2 Å². The van der Waals surface area contributed by atoms with Crippen LogP contribution in [0.15, 0.2) is 12.4 Å². The van der Waals surface area contributed by atoms with Crippen molar-refractivity contribution in [1.29, 1.82) is 0 Å². The Labute approximate surface area is 98.6 Å². The second kappa shape index (κ2) is 8.44. The summed E-state index contributed by atoms with van der Waals surface area (Å²) in [6.45, 7) is 2.21. The molecule has 0 fully saturated rings. The molecule has 0 bridgehead atoms. The van der Waals surface area contributed by atoms with Gasteiger partial charge in [0.2, 0.25) is 0 Å². The summed E-state index contributed by atoms with van der Waals surface area (Å²) < 4.78 is 41.1. The molecule has 1 aromatic heterocycles. The molecule has 0 aliphatic heterocycles. The maximum atomic E-state index is 9.75. The normalized spacial score (nSPS) is 10.1. The molecule has 2 nitrogen and oxygen atoms in total. The van der Waals surface area contributed by atoms with Crippen LogP contribution in [-0.2, 0) is 13.5 Å². The van der Waals surface area contributed by atoms with Crippen molar-refractivity contribution in [1.82, 2.24) is 4.98 Å². The average Bonchev–Trinajstić information content (AvgIpc) is 2.45. The molecule has 0 unspecified atom stereocenters. The zero-order valence-corrected chi connectivity index (χ0v) is 10.0. The van der Waals surface area contributed by atoms with Crippen molar-refractivity contribution in [2.45, 2.75) is 26.2 Å². The zero-order chi connectivity index (χ0) is 11.9. The van der Waals surface area contributed by atoms with Gasteiger partial charge in [-0.25, -0.2) is 9.55 Å². The van der Waals surface area contributed by atoms with Crippen molar-refractivity contribution in [3.63, 3.8) is 0 Å². The van der Waals surface area contributed by atoms with Crippen molar-refractivity contribution in [2.24, 2.45) is 7.05 Å². The first-order chi connectivity index (χ1) is 6.84. The number of unbranched alkanes of at least 4 members (excludes halogenated alkanes) is 1. The Morgan fingerprint density at radius 2 is 1.81 bits per heavy atom. The van der Waals surface area contributed by atoms with Gasteiger partial charge in [0.1, 0.15) is 12.4 Å². The largest absolute Gasteiger partial charge is 0.673 e. The first-order valence-corrected chi connectivity index (χ1v) is 4.73. The lowest BCUT2D eigenvalue weighted by Crippen LogP contribution is -2.30. The quantitative estimate of drug-likeness (QED) is 0.491. The number of hydrogen-bond acceptors (Lipinski definition) is 0. The number of halogens is 5. The van der Waals surface area contributed by atoms with Gasteiger partial charge in [-0.05, 0) is 6.42 Å². The number of aryl methyl sites for hydroxylation is 2. The molecule has 8 heteroatoms. The molecule has 0 saturated carbocycles. The minimum Gasteiger partial charge on any atom is -0.418 e. The monoisotopic (exact) mass is 262 g/mol. The van der Waals surface area contributed by atoms with Gasteiger partial charge in [0.15, 0.2) is 0 Å². The molecule has 0 aliphatic carbocycles. The van der Waals surface area contributed by atoms with Crippen LogP contribution in [0.2, 0.25) is 0 Å². The Morgan fingerprint density at radius 1 is 1.31 bits per heavy atom. The van der Waals surface area contributed by atoms with E-state index in [0.29, 0.717) is 0 Å². The Bertz CT molecular complexity index is 271. The fourth-order valence-electron chi connectivity index (χ4n) is 1.03. The number of hydrogen-bond donors (Lipinski definition) is 1. The summed E-state index contributed by atoms with van der Waals surface area (Å²) in [4.78, 5) is 3.20. The molecule has 0 saturated heterocycles. The maximum Gasteiger partial charge on any atom is 0.673 e. The van der Waals surface area contributed by atoms with Gasteiger partial charge in [0.05, 0.1) is 7.05 Å². The van der Waals surface area contributed by atoms with E-state index in [2.05, 4.69) is 23.5 Å². The number of H-pyrrole nitrogens is 1. The van der Waals surface area contributed by atoms with Crippen molar-refractivity contribution in [3.05, 3.63) is 18.2 Å². The van der Waals surface area contributed by atoms with Gasteiger partial charge in [-0.15, -0.1) is 12.4 Å². The lowest BCUT2D eigenvalue weighted by Gasteiger charge is -1.94. The fourth-order valence-corrected chi connectivity index (χ4v) is 1.03. The summed E-state index contributed by atoms with van der Waals surface area (Å²) in [5.74, 6) is 1.32. The summed E-state index contributed by atoms with van der Waals surface area (Å²) >= 11 is 0. The predicted molar refractivity (Wildman–Crippen MR) is 58.0 cm³/mol. The van der Waals surface area contributed by atoms with Crippen molar-refractivity contribution < 1.29 is 21.8 Å². The molecule has 0 aliphatic rings. The summed E-state index contributed by atoms with van der Waals surface area (Å²) in [7, 11) is -3.93. The number of aromatic nitrogens is 2. The molecule has 96 valence electrons. The Morgan fingerprint density at radius 3 is 2.12 bits per heavy atom. The Balaban J connectivity index is 0. The van der Waals surface area contributed by atoms with Gasteiger partial charge in [-0.3, -0.25) is 0 Å². The molecule has 0 aromatic carbocycles. The highest BCUT2D eigenvalue weighted by Crippen LogP contribution is 2.06. The van der Waals surface area contributed by atoms with E-state index in [1.165, 1.54) is 25.1 Å². The number of nitrogens with zero attached hydrogens (tertiary/aromatic N) is 1. The maximum absolute atomic E-state index is 9.75. The number of nitrogens with one attached hydrogen (secondary N) is 1. The van der Waals surface area contributed by atoms with E-state index >= 15 is 0 Å². The molecular weight excluding hydrogens is 246 g/mol. The van der Waals surface area contributed by atoms with Crippen LogP contribution in [0.25, 0.3) is 0 Å². The summed E-state index contributed by atoms with van der Waals surface area (Å²) in [5, 5.41) is 0. The second-order valence-corrected chi connectivity index (χ2v) is 3.12. The molecule has 1 heterocycles. The predicted octanol–water partition coefficient (Wildman–Crippen LogP) is 2.90. The standard InChI is InChI=1S/C8H14N2.BF4.ClH/c1-3-4-5-8-9-6-7-10(8)2;2-1(3,4)5;/h6-7H,3-5H2,1-2H3;;1H/q;-1;/p+1. The average molecular weight is 262 g/mol. The molecule has 1 rings (SSSR count). The third kappa shape index (κ3) is 11.4. The van der Waals surface area contributed by atoms with Crippen molar-refractivity contribution >= 4 is 19.7 Å². The minimum atomic E-state index is -6.00. The molecule has 0 spiro atoms. The highest BCUT2D eigenvalue weighted by atomic mass is 35.5. The van der Waals surface area contributed by atoms with Crippen LogP contribution in [0, 0.1) is 0 Å². The van der Waals surface area contributed by atoms with Gasteiger partial charge >= 0.3 is 7.25 Å². The SMILES string of the molecule is CCCCc1[nH]cc[n+]1C.Cl.F[B-](F)(F)F. The molecule has 16 heavy (non-hydrogen) atoms. The van der Waals surface area contributed by atoms with E-state index in [9.17, 15) is 17.3 Å². The molecule has 0 atom stereocenters. The van der Waals surface area contributed by atoms with Crippen LogP contribution in [0.1, 0.15) is 25.6 Å². The van der Waals surface area contributed by atoms with E-state index < -0.39 is 7.25 Å². The Hall–Kier alpha value is -0.715. The fraction of sp³-hybridized carbons (Fsp3) is 0.625. The summed E-state index contributed by atoms with van der Waals surface area (Å²) in [5.41, 5.74) is 0. The third-order valence-electron chi connectivity index (χ3n) is 1.74.